The molecule has 1 unspecified atom stereocenters. The highest BCUT2D eigenvalue weighted by Crippen LogP contribution is 2.18. The topological polar surface area (TPSA) is 108 Å². The molecule has 0 aromatic carbocycles. The van der Waals surface area contributed by atoms with Crippen LogP contribution in [0.4, 0.5) is 5.13 Å². The summed E-state index contributed by atoms with van der Waals surface area (Å²) in [5, 5.41) is 16.0. The van der Waals surface area contributed by atoms with Crippen molar-refractivity contribution in [2.24, 2.45) is 5.92 Å². The zero-order valence-electron chi connectivity index (χ0n) is 13.6. The van der Waals surface area contributed by atoms with Crippen molar-refractivity contribution >= 4 is 34.3 Å². The van der Waals surface area contributed by atoms with Crippen LogP contribution in [0.15, 0.2) is 5.38 Å². The molecule has 0 spiro atoms. The molecule has 1 rings (SSSR count). The smallest absolute Gasteiger partial charge is 0.326 e. The van der Waals surface area contributed by atoms with E-state index >= 15 is 0 Å². The Kier molecular flexibility index (Phi) is 7.67. The zero-order valence-corrected chi connectivity index (χ0v) is 14.4. The Bertz CT molecular complexity index is 555. The van der Waals surface area contributed by atoms with E-state index in [0.717, 1.165) is 24.2 Å². The van der Waals surface area contributed by atoms with Gasteiger partial charge in [0.2, 0.25) is 5.91 Å². The first-order valence-electron chi connectivity index (χ1n) is 7.72. The average Bonchev–Trinajstić information content (AvgIpc) is 2.96. The predicted octanol–water partition coefficient (Wildman–Crippen LogP) is 2.50. The number of aliphatic carboxylic acids is 1. The number of nitrogens with zero attached hydrogens (tertiary/aromatic N) is 1. The van der Waals surface area contributed by atoms with Crippen LogP contribution in [0.2, 0.25) is 0 Å². The standard InChI is InChI=1S/C15H23N3O4S/c1-4-7-10(14(21)22)16-13(20)11-8-23-15(17-11)18-12(19)9(5-2)6-3/h8-10H,4-7H2,1-3H3,(H,16,20)(H,21,22)(H,17,18,19). The minimum Gasteiger partial charge on any atom is -0.480 e. The summed E-state index contributed by atoms with van der Waals surface area (Å²) in [5.41, 5.74) is 0.109. The van der Waals surface area contributed by atoms with E-state index in [9.17, 15) is 14.4 Å². The van der Waals surface area contributed by atoms with Crippen molar-refractivity contribution in [3.63, 3.8) is 0 Å². The molecule has 0 fully saturated rings. The van der Waals surface area contributed by atoms with Gasteiger partial charge in [0, 0.05) is 11.3 Å². The fourth-order valence-corrected chi connectivity index (χ4v) is 2.77. The lowest BCUT2D eigenvalue weighted by molar-refractivity contribution is -0.139. The second kappa shape index (κ2) is 9.24. The van der Waals surface area contributed by atoms with Crippen LogP contribution in [0.1, 0.15) is 56.9 Å². The normalized spacial score (nSPS) is 12.0. The van der Waals surface area contributed by atoms with Crippen LogP contribution in [0.5, 0.6) is 0 Å². The summed E-state index contributed by atoms with van der Waals surface area (Å²) in [4.78, 5) is 39.1. The minimum atomic E-state index is -1.07. The third-order valence-corrected chi connectivity index (χ3v) is 4.26. The molecule has 3 N–H and O–H groups in total. The quantitative estimate of drug-likeness (QED) is 0.639. The number of carbonyl (C=O) groups excluding carboxylic acids is 2. The van der Waals surface area contributed by atoms with Gasteiger partial charge in [-0.1, -0.05) is 27.2 Å². The predicted molar refractivity (Wildman–Crippen MR) is 88.6 cm³/mol. The Morgan fingerprint density at radius 3 is 2.43 bits per heavy atom. The number of carboxylic acids is 1. The van der Waals surface area contributed by atoms with Gasteiger partial charge in [-0.3, -0.25) is 9.59 Å². The van der Waals surface area contributed by atoms with Crippen LogP contribution < -0.4 is 10.6 Å². The number of carbonyl (C=O) groups is 3. The number of anilines is 1. The zero-order chi connectivity index (χ0) is 17.4. The largest absolute Gasteiger partial charge is 0.480 e. The molecule has 0 aliphatic heterocycles. The Hall–Kier alpha value is -1.96. The van der Waals surface area contributed by atoms with Crippen molar-refractivity contribution in [2.45, 2.75) is 52.5 Å². The Labute approximate surface area is 139 Å². The van der Waals surface area contributed by atoms with Crippen molar-refractivity contribution in [1.29, 1.82) is 0 Å². The lowest BCUT2D eigenvalue weighted by Crippen LogP contribution is -2.40. The maximum atomic E-state index is 12.0. The molecular weight excluding hydrogens is 318 g/mol. The van der Waals surface area contributed by atoms with Gasteiger partial charge in [-0.15, -0.1) is 11.3 Å². The maximum absolute atomic E-state index is 12.0. The average molecular weight is 341 g/mol. The fourth-order valence-electron chi connectivity index (χ4n) is 2.08. The number of rotatable bonds is 9. The molecule has 0 saturated heterocycles. The first-order chi connectivity index (χ1) is 10.9. The van der Waals surface area contributed by atoms with Gasteiger partial charge >= 0.3 is 5.97 Å². The Morgan fingerprint density at radius 2 is 1.91 bits per heavy atom. The van der Waals surface area contributed by atoms with E-state index in [1.165, 1.54) is 5.38 Å². The summed E-state index contributed by atoms with van der Waals surface area (Å²) in [6.45, 7) is 5.72. The van der Waals surface area contributed by atoms with Crippen LogP contribution in [0.3, 0.4) is 0 Å². The molecule has 1 aromatic heterocycles. The summed E-state index contributed by atoms with van der Waals surface area (Å²) in [7, 11) is 0. The van der Waals surface area contributed by atoms with Crippen LogP contribution in [-0.2, 0) is 9.59 Å². The molecule has 2 amide bonds. The van der Waals surface area contributed by atoms with E-state index in [1.807, 2.05) is 20.8 Å². The van der Waals surface area contributed by atoms with E-state index in [-0.39, 0.29) is 17.5 Å². The molecule has 1 atom stereocenters. The number of nitrogens with one attached hydrogen (secondary N) is 2. The fraction of sp³-hybridized carbons (Fsp3) is 0.600. The van der Waals surface area contributed by atoms with Crippen LogP contribution in [0.25, 0.3) is 0 Å². The van der Waals surface area contributed by atoms with Gasteiger partial charge < -0.3 is 15.7 Å². The van der Waals surface area contributed by atoms with Crippen molar-refractivity contribution in [3.8, 4) is 0 Å². The van der Waals surface area contributed by atoms with E-state index in [4.69, 9.17) is 5.11 Å². The van der Waals surface area contributed by atoms with Crippen molar-refractivity contribution in [3.05, 3.63) is 11.1 Å². The van der Waals surface area contributed by atoms with Gasteiger partial charge in [-0.2, -0.15) is 0 Å². The summed E-state index contributed by atoms with van der Waals surface area (Å²) < 4.78 is 0. The number of aromatic nitrogens is 1. The molecule has 7 nitrogen and oxygen atoms in total. The van der Waals surface area contributed by atoms with Crippen molar-refractivity contribution in [2.75, 3.05) is 5.32 Å². The highest BCUT2D eigenvalue weighted by molar-refractivity contribution is 7.14. The molecule has 0 aliphatic carbocycles. The lowest BCUT2D eigenvalue weighted by Gasteiger charge is -2.12. The monoisotopic (exact) mass is 341 g/mol. The van der Waals surface area contributed by atoms with Gasteiger partial charge in [0.05, 0.1) is 0 Å². The molecule has 0 bridgehead atoms. The van der Waals surface area contributed by atoms with Gasteiger partial charge in [-0.25, -0.2) is 9.78 Å². The first-order valence-corrected chi connectivity index (χ1v) is 8.60. The van der Waals surface area contributed by atoms with Gasteiger partial charge in [0.25, 0.3) is 5.91 Å². The first kappa shape index (κ1) is 19.1. The van der Waals surface area contributed by atoms with Gasteiger partial charge in [0.15, 0.2) is 5.13 Å². The number of hydrogen-bond acceptors (Lipinski definition) is 5. The van der Waals surface area contributed by atoms with Crippen molar-refractivity contribution in [1.82, 2.24) is 10.3 Å². The Morgan fingerprint density at radius 1 is 1.26 bits per heavy atom. The molecule has 0 aliphatic rings. The van der Waals surface area contributed by atoms with Crippen LogP contribution in [-0.4, -0.2) is 33.9 Å². The maximum Gasteiger partial charge on any atom is 0.326 e. The summed E-state index contributed by atoms with van der Waals surface area (Å²) in [6.07, 6.45) is 2.46. The van der Waals surface area contributed by atoms with E-state index in [2.05, 4.69) is 15.6 Å². The molecular formula is C15H23N3O4S. The molecule has 1 aromatic rings. The minimum absolute atomic E-state index is 0.0860. The third-order valence-electron chi connectivity index (χ3n) is 3.50. The second-order valence-corrected chi connectivity index (χ2v) is 6.05. The number of hydrogen-bond donors (Lipinski definition) is 3. The van der Waals surface area contributed by atoms with Crippen LogP contribution in [0, 0.1) is 5.92 Å². The molecule has 23 heavy (non-hydrogen) atoms. The molecule has 8 heteroatoms. The SMILES string of the molecule is CCCC(NC(=O)c1csc(NC(=O)C(CC)CC)n1)C(=O)O. The summed E-state index contributed by atoms with van der Waals surface area (Å²) >= 11 is 1.14. The summed E-state index contributed by atoms with van der Waals surface area (Å²) in [6, 6.07) is -0.934. The molecule has 128 valence electrons. The molecule has 1 heterocycles. The number of amides is 2. The number of carboxylic acid groups (broad SMARTS) is 1. The molecule has 0 saturated carbocycles. The van der Waals surface area contributed by atoms with Crippen molar-refractivity contribution < 1.29 is 19.5 Å². The van der Waals surface area contributed by atoms with Gasteiger partial charge in [-0.05, 0) is 19.3 Å². The highest BCUT2D eigenvalue weighted by atomic mass is 32.1. The molecule has 0 radical (unpaired) electrons. The lowest BCUT2D eigenvalue weighted by atomic mass is 10.0. The number of thiazole rings is 1. The summed E-state index contributed by atoms with van der Waals surface area (Å²) in [5.74, 6) is -1.83. The van der Waals surface area contributed by atoms with E-state index < -0.39 is 17.9 Å². The Balaban J connectivity index is 2.69. The van der Waals surface area contributed by atoms with E-state index in [0.29, 0.717) is 18.0 Å². The van der Waals surface area contributed by atoms with E-state index in [1.54, 1.807) is 0 Å². The highest BCUT2D eigenvalue weighted by Gasteiger charge is 2.22. The van der Waals surface area contributed by atoms with Crippen LogP contribution >= 0.6 is 11.3 Å². The second-order valence-electron chi connectivity index (χ2n) is 5.19. The van der Waals surface area contributed by atoms with Gasteiger partial charge in [0.1, 0.15) is 11.7 Å². The third kappa shape index (κ3) is 5.63.